The molecule has 10 heavy (non-hydrogen) atoms. The van der Waals surface area contributed by atoms with Gasteiger partial charge in [0, 0.05) is 6.45 Å². The van der Waals surface area contributed by atoms with Gasteiger partial charge in [-0.05, 0) is 24.3 Å². The Morgan fingerprint density at radius 3 is 2.30 bits per heavy atom. The Kier molecular flexibility index (Phi) is 1.92. The number of benzene rings is 1. The summed E-state index contributed by atoms with van der Waals surface area (Å²) in [6.45, 7) is 0. The highest BCUT2D eigenvalue weighted by atomic mass is 35.5. The average molecular weight is 159 g/mol. The van der Waals surface area contributed by atoms with Crippen LogP contribution >= 0.6 is 11.6 Å². The Hall–Kier alpha value is -1.02. The molecule has 54 valence electrons. The predicted molar refractivity (Wildman–Crippen MR) is 40.5 cm³/mol. The minimum absolute atomic E-state index is 0. The van der Waals surface area contributed by atoms with Crippen LogP contribution in [0, 0.1) is 0 Å². The summed E-state index contributed by atoms with van der Waals surface area (Å²) < 4.78 is 0. The van der Waals surface area contributed by atoms with Gasteiger partial charge in [-0.25, -0.2) is 4.79 Å². The van der Waals surface area contributed by atoms with Crippen molar-refractivity contribution in [2.75, 3.05) is 0 Å². The molecule has 0 aromatic heterocycles. The van der Waals surface area contributed by atoms with E-state index in [0.29, 0.717) is 5.02 Å². The lowest BCUT2D eigenvalue weighted by Crippen LogP contribution is -1.94. The first-order chi connectivity index (χ1) is 4.70. The van der Waals surface area contributed by atoms with Crippen LogP contribution in [-0.2, 0) is 0 Å². The average Bonchev–Trinajstić information content (AvgIpc) is 1.88. The Bertz CT molecular complexity index is 245. The number of hydrogen-bond donors (Lipinski definition) is 1. The highest BCUT2D eigenvalue weighted by Gasteiger charge is 1.99. The van der Waals surface area contributed by atoms with Gasteiger partial charge >= 0.3 is 5.97 Å². The third-order valence-corrected chi connectivity index (χ3v) is 1.34. The molecule has 0 heterocycles. The number of carboxylic acids is 1. The second-order valence-electron chi connectivity index (χ2n) is 1.81. The first kappa shape index (κ1) is 7.09. The molecule has 1 aromatic carbocycles. The summed E-state index contributed by atoms with van der Waals surface area (Å²) in [5.41, 5.74) is 0.254. The van der Waals surface area contributed by atoms with E-state index < -0.39 is 5.97 Å². The molecule has 0 fully saturated rings. The van der Waals surface area contributed by atoms with Gasteiger partial charge in [0.2, 0.25) is 0 Å². The van der Waals surface area contributed by atoms with Crippen molar-refractivity contribution in [2.45, 2.75) is 0 Å². The third kappa shape index (κ3) is 1.48. The summed E-state index contributed by atoms with van der Waals surface area (Å²) in [5.74, 6) is -0.934. The molecular weight excluding hydrogens is 152 g/mol. The standard InChI is InChI=1S/C7H5ClO2.H2/c8-6-3-1-5(2-4-6)7(9)10;/h1-4H,(H,9,10);1H. The molecule has 0 aliphatic rings. The third-order valence-electron chi connectivity index (χ3n) is 1.09. The molecule has 0 spiro atoms. The smallest absolute Gasteiger partial charge is 0.335 e. The largest absolute Gasteiger partial charge is 0.478 e. The molecule has 0 aliphatic carbocycles. The van der Waals surface area contributed by atoms with E-state index >= 15 is 0 Å². The van der Waals surface area contributed by atoms with Gasteiger partial charge in [-0.15, -0.1) is 0 Å². The molecule has 0 aliphatic heterocycles. The van der Waals surface area contributed by atoms with Gasteiger partial charge in [-0.1, -0.05) is 11.6 Å². The summed E-state index contributed by atoms with van der Waals surface area (Å²) in [4.78, 5) is 10.3. The molecule has 0 unspecified atom stereocenters. The lowest BCUT2D eigenvalue weighted by atomic mass is 10.2. The van der Waals surface area contributed by atoms with Crippen LogP contribution in [0.2, 0.25) is 5.02 Å². The number of hydrogen-bond acceptors (Lipinski definition) is 1. The summed E-state index contributed by atoms with van der Waals surface area (Å²) >= 11 is 5.52. The second kappa shape index (κ2) is 2.71. The molecule has 0 saturated heterocycles. The summed E-state index contributed by atoms with van der Waals surface area (Å²) in [5, 5.41) is 8.98. The maximum Gasteiger partial charge on any atom is 0.335 e. The fraction of sp³-hybridized carbons (Fsp3) is 0. The minimum atomic E-state index is -0.934. The minimum Gasteiger partial charge on any atom is -0.478 e. The van der Waals surface area contributed by atoms with Crippen LogP contribution in [0.4, 0.5) is 0 Å². The van der Waals surface area contributed by atoms with E-state index in [9.17, 15) is 4.79 Å². The van der Waals surface area contributed by atoms with Gasteiger partial charge in [0.1, 0.15) is 0 Å². The van der Waals surface area contributed by atoms with E-state index in [0.717, 1.165) is 0 Å². The maximum absolute atomic E-state index is 10.3. The maximum atomic E-state index is 10.3. The van der Waals surface area contributed by atoms with Gasteiger partial charge in [0.25, 0.3) is 0 Å². The quantitative estimate of drug-likeness (QED) is 0.681. The Labute approximate surface area is 64.5 Å². The van der Waals surface area contributed by atoms with Crippen molar-refractivity contribution >= 4 is 17.6 Å². The highest BCUT2D eigenvalue weighted by Crippen LogP contribution is 2.08. The Morgan fingerprint density at radius 1 is 1.40 bits per heavy atom. The van der Waals surface area contributed by atoms with Crippen LogP contribution in [0.3, 0.4) is 0 Å². The lowest BCUT2D eigenvalue weighted by molar-refractivity contribution is 0.0697. The molecule has 0 amide bonds. The van der Waals surface area contributed by atoms with Gasteiger partial charge in [-0.2, -0.15) is 0 Å². The zero-order valence-corrected chi connectivity index (χ0v) is 5.80. The fourth-order valence-corrected chi connectivity index (χ4v) is 0.718. The lowest BCUT2D eigenvalue weighted by Gasteiger charge is -1.91. The Balaban J connectivity index is 0.000001000. The van der Waals surface area contributed by atoms with Crippen LogP contribution in [0.1, 0.15) is 11.8 Å². The van der Waals surface area contributed by atoms with Crippen LogP contribution in [0.5, 0.6) is 0 Å². The van der Waals surface area contributed by atoms with Crippen molar-refractivity contribution in [3.8, 4) is 0 Å². The van der Waals surface area contributed by atoms with Gasteiger partial charge in [-0.3, -0.25) is 0 Å². The molecule has 0 bridgehead atoms. The van der Waals surface area contributed by atoms with Crippen molar-refractivity contribution in [3.63, 3.8) is 0 Å². The predicted octanol–water partition coefficient (Wildman–Crippen LogP) is 2.28. The van der Waals surface area contributed by atoms with Crippen molar-refractivity contribution in [1.29, 1.82) is 0 Å². The summed E-state index contributed by atoms with van der Waals surface area (Å²) in [6, 6.07) is 6.02. The van der Waals surface area contributed by atoms with Crippen molar-refractivity contribution in [3.05, 3.63) is 34.9 Å². The fourth-order valence-electron chi connectivity index (χ4n) is 0.592. The monoisotopic (exact) mass is 158 g/mol. The molecule has 1 rings (SSSR count). The Morgan fingerprint density at radius 2 is 1.90 bits per heavy atom. The van der Waals surface area contributed by atoms with E-state index in [1.807, 2.05) is 0 Å². The normalized spacial score (nSPS) is 9.30. The van der Waals surface area contributed by atoms with E-state index in [1.165, 1.54) is 12.1 Å². The van der Waals surface area contributed by atoms with Crippen LogP contribution in [0.15, 0.2) is 24.3 Å². The molecule has 0 radical (unpaired) electrons. The van der Waals surface area contributed by atoms with Crippen LogP contribution in [-0.4, -0.2) is 11.1 Å². The number of aromatic carboxylic acids is 1. The van der Waals surface area contributed by atoms with E-state index in [-0.39, 0.29) is 6.99 Å². The van der Waals surface area contributed by atoms with Crippen LogP contribution in [0.25, 0.3) is 0 Å². The summed E-state index contributed by atoms with van der Waals surface area (Å²) in [6.07, 6.45) is 0. The molecule has 1 aromatic rings. The van der Waals surface area contributed by atoms with E-state index in [1.54, 1.807) is 12.1 Å². The first-order valence-corrected chi connectivity index (χ1v) is 3.07. The summed E-state index contributed by atoms with van der Waals surface area (Å²) in [7, 11) is 0. The SMILES string of the molecule is O=C(O)c1ccc(Cl)cc1.[HH]. The second-order valence-corrected chi connectivity index (χ2v) is 2.25. The highest BCUT2D eigenvalue weighted by molar-refractivity contribution is 6.30. The van der Waals surface area contributed by atoms with Gasteiger partial charge in [0.15, 0.2) is 0 Å². The van der Waals surface area contributed by atoms with E-state index in [4.69, 9.17) is 16.7 Å². The number of carbonyl (C=O) groups is 1. The van der Waals surface area contributed by atoms with Crippen molar-refractivity contribution in [1.82, 2.24) is 0 Å². The van der Waals surface area contributed by atoms with E-state index in [2.05, 4.69) is 0 Å². The molecule has 0 atom stereocenters. The zero-order valence-electron chi connectivity index (χ0n) is 5.04. The topological polar surface area (TPSA) is 37.3 Å². The molecule has 3 heteroatoms. The van der Waals surface area contributed by atoms with Crippen molar-refractivity contribution < 1.29 is 11.3 Å². The van der Waals surface area contributed by atoms with Gasteiger partial charge < -0.3 is 5.11 Å². The number of rotatable bonds is 1. The van der Waals surface area contributed by atoms with Crippen LogP contribution < -0.4 is 0 Å². The number of carboxylic acid groups (broad SMARTS) is 1. The van der Waals surface area contributed by atoms with Crippen molar-refractivity contribution in [2.24, 2.45) is 0 Å². The molecule has 0 saturated carbocycles. The first-order valence-electron chi connectivity index (χ1n) is 2.69. The number of halogens is 1. The van der Waals surface area contributed by atoms with Gasteiger partial charge in [0.05, 0.1) is 5.56 Å². The molecule has 1 N–H and O–H groups in total. The zero-order chi connectivity index (χ0) is 7.56. The molecule has 2 nitrogen and oxygen atoms in total. The molecular formula is C7H7ClO2.